The molecule has 25 heavy (non-hydrogen) atoms. The number of ether oxygens (including phenoxy) is 2. The number of nitrogens with one attached hydrogen (secondary N) is 1. The molecular weight excluding hydrogens is 322 g/mol. The fraction of sp³-hybridized carbons (Fsp3) is 0.421. The molecule has 0 amide bonds. The molecule has 0 radical (unpaired) electrons. The lowest BCUT2D eigenvalue weighted by atomic mass is 9.73. The van der Waals surface area contributed by atoms with E-state index < -0.39 is 5.41 Å². The number of fused-ring (bicyclic) bond motifs is 1. The molecule has 1 aromatic carbocycles. The summed E-state index contributed by atoms with van der Waals surface area (Å²) in [6.07, 6.45) is 0.705. The molecule has 0 aliphatic rings. The molecule has 1 N–H and O–H groups in total. The van der Waals surface area contributed by atoms with Gasteiger partial charge in [-0.15, -0.1) is 0 Å². The lowest BCUT2D eigenvalue weighted by Gasteiger charge is -2.30. The van der Waals surface area contributed by atoms with Gasteiger partial charge in [-0.25, -0.2) is 0 Å². The third-order valence-electron chi connectivity index (χ3n) is 4.69. The van der Waals surface area contributed by atoms with Crippen molar-refractivity contribution in [3.05, 3.63) is 36.0 Å². The van der Waals surface area contributed by atoms with Gasteiger partial charge in [0, 0.05) is 24.1 Å². The van der Waals surface area contributed by atoms with Gasteiger partial charge in [-0.1, -0.05) is 18.2 Å². The van der Waals surface area contributed by atoms with Crippen LogP contribution in [0.2, 0.25) is 0 Å². The average Bonchev–Trinajstić information content (AvgIpc) is 3.05. The predicted octanol–water partition coefficient (Wildman–Crippen LogP) is 2.90. The summed E-state index contributed by atoms with van der Waals surface area (Å²) in [5.41, 5.74) is 0.634. The van der Waals surface area contributed by atoms with E-state index in [1.807, 2.05) is 30.3 Å². The number of benzene rings is 1. The van der Waals surface area contributed by atoms with E-state index in [0.717, 1.165) is 10.9 Å². The van der Waals surface area contributed by atoms with Gasteiger partial charge < -0.3 is 14.5 Å². The van der Waals surface area contributed by atoms with E-state index >= 15 is 0 Å². The number of methoxy groups -OCH3 is 2. The first kappa shape index (κ1) is 18.7. The Morgan fingerprint density at radius 2 is 1.56 bits per heavy atom. The maximum atomic E-state index is 12.6. The van der Waals surface area contributed by atoms with E-state index in [0.29, 0.717) is 5.69 Å². The summed E-state index contributed by atoms with van der Waals surface area (Å²) in [5.74, 6) is -0.883. The normalized spacial score (nSPS) is 11.3. The van der Waals surface area contributed by atoms with Crippen molar-refractivity contribution in [1.82, 2.24) is 4.98 Å². The average molecular weight is 345 g/mol. The molecule has 0 atom stereocenters. The minimum atomic E-state index is -0.971. The summed E-state index contributed by atoms with van der Waals surface area (Å²) in [4.78, 5) is 39.2. The van der Waals surface area contributed by atoms with Crippen LogP contribution in [0.15, 0.2) is 30.3 Å². The Morgan fingerprint density at radius 3 is 2.04 bits per heavy atom. The minimum absolute atomic E-state index is 0.0899. The molecule has 0 aliphatic carbocycles. The van der Waals surface area contributed by atoms with Crippen LogP contribution in [0.25, 0.3) is 10.9 Å². The third-order valence-corrected chi connectivity index (χ3v) is 4.69. The van der Waals surface area contributed by atoms with Crippen molar-refractivity contribution in [2.75, 3.05) is 14.2 Å². The second-order valence-electron chi connectivity index (χ2n) is 6.06. The van der Waals surface area contributed by atoms with Crippen LogP contribution in [0, 0.1) is 0 Å². The maximum Gasteiger partial charge on any atom is 0.305 e. The number of hydrogen-bond acceptors (Lipinski definition) is 5. The summed E-state index contributed by atoms with van der Waals surface area (Å²) in [6.45, 7) is 1.49. The lowest BCUT2D eigenvalue weighted by molar-refractivity contribution is -0.141. The van der Waals surface area contributed by atoms with E-state index in [-0.39, 0.29) is 43.4 Å². The smallest absolute Gasteiger partial charge is 0.305 e. The van der Waals surface area contributed by atoms with Gasteiger partial charge in [0.15, 0.2) is 0 Å². The van der Waals surface area contributed by atoms with Crippen LogP contribution in [-0.4, -0.2) is 36.9 Å². The topological polar surface area (TPSA) is 85.5 Å². The van der Waals surface area contributed by atoms with Gasteiger partial charge >= 0.3 is 11.9 Å². The van der Waals surface area contributed by atoms with E-state index in [4.69, 9.17) is 9.47 Å². The minimum Gasteiger partial charge on any atom is -0.469 e. The number of para-hydroxylation sites is 1. The number of H-pyrrole nitrogens is 1. The van der Waals surface area contributed by atoms with Crippen LogP contribution in [0.4, 0.5) is 0 Å². The van der Waals surface area contributed by atoms with E-state index in [9.17, 15) is 14.4 Å². The van der Waals surface area contributed by atoms with Gasteiger partial charge in [-0.2, -0.15) is 0 Å². The van der Waals surface area contributed by atoms with E-state index in [1.165, 1.54) is 21.1 Å². The molecule has 0 bridgehead atoms. The zero-order valence-electron chi connectivity index (χ0n) is 14.8. The molecule has 0 spiro atoms. The maximum absolute atomic E-state index is 12.6. The van der Waals surface area contributed by atoms with Gasteiger partial charge in [0.1, 0.15) is 5.78 Å². The molecule has 1 heterocycles. The highest BCUT2D eigenvalue weighted by Crippen LogP contribution is 2.37. The van der Waals surface area contributed by atoms with Crippen LogP contribution in [0.3, 0.4) is 0 Å². The Labute approximate surface area is 146 Å². The highest BCUT2D eigenvalue weighted by Gasteiger charge is 2.39. The number of rotatable bonds is 8. The molecule has 0 saturated carbocycles. The summed E-state index contributed by atoms with van der Waals surface area (Å²) in [6, 6.07) is 9.59. The Morgan fingerprint density at radius 1 is 1.00 bits per heavy atom. The Hall–Kier alpha value is -2.63. The van der Waals surface area contributed by atoms with E-state index in [2.05, 4.69) is 4.98 Å². The molecule has 6 heteroatoms. The van der Waals surface area contributed by atoms with Gasteiger partial charge in [0.05, 0.1) is 19.6 Å². The number of hydrogen-bond donors (Lipinski definition) is 1. The summed E-state index contributed by atoms with van der Waals surface area (Å²) < 4.78 is 9.43. The highest BCUT2D eigenvalue weighted by molar-refractivity contribution is 5.91. The monoisotopic (exact) mass is 345 g/mol. The summed E-state index contributed by atoms with van der Waals surface area (Å²) in [5, 5.41) is 0.972. The number of ketones is 1. The molecular formula is C19H23NO5. The van der Waals surface area contributed by atoms with Gasteiger partial charge in [0.25, 0.3) is 0 Å². The zero-order chi connectivity index (χ0) is 18.4. The predicted molar refractivity (Wildman–Crippen MR) is 93.2 cm³/mol. The van der Waals surface area contributed by atoms with Crippen molar-refractivity contribution in [2.45, 2.75) is 38.0 Å². The largest absolute Gasteiger partial charge is 0.469 e. The molecule has 0 unspecified atom stereocenters. The number of esters is 2. The Kier molecular flexibility index (Phi) is 5.96. The molecule has 0 fully saturated rings. The SMILES string of the molecule is COC(=O)CCC(CCC(=O)OC)(C(C)=O)c1cc2ccccc2[nH]1. The lowest BCUT2D eigenvalue weighted by Crippen LogP contribution is -2.36. The van der Waals surface area contributed by atoms with Crippen LogP contribution in [0.1, 0.15) is 38.3 Å². The van der Waals surface area contributed by atoms with Crippen LogP contribution in [0.5, 0.6) is 0 Å². The molecule has 0 saturated heterocycles. The first-order valence-electron chi connectivity index (χ1n) is 8.16. The molecule has 0 aliphatic heterocycles. The van der Waals surface area contributed by atoms with Crippen molar-refractivity contribution >= 4 is 28.6 Å². The van der Waals surface area contributed by atoms with Crippen LogP contribution in [-0.2, 0) is 29.3 Å². The van der Waals surface area contributed by atoms with Crippen molar-refractivity contribution in [1.29, 1.82) is 0 Å². The second kappa shape index (κ2) is 7.96. The number of carbonyl (C=O) groups excluding carboxylic acids is 3. The van der Waals surface area contributed by atoms with Crippen molar-refractivity contribution in [2.24, 2.45) is 0 Å². The van der Waals surface area contributed by atoms with Crippen LogP contribution < -0.4 is 0 Å². The first-order chi connectivity index (χ1) is 11.9. The number of aromatic amines is 1. The fourth-order valence-corrected chi connectivity index (χ4v) is 3.10. The number of aromatic nitrogens is 1. The highest BCUT2D eigenvalue weighted by atomic mass is 16.5. The number of carbonyl (C=O) groups is 3. The first-order valence-corrected chi connectivity index (χ1v) is 8.16. The molecule has 2 aromatic rings. The molecule has 134 valence electrons. The van der Waals surface area contributed by atoms with Crippen LogP contribution >= 0.6 is 0 Å². The van der Waals surface area contributed by atoms with E-state index in [1.54, 1.807) is 0 Å². The fourth-order valence-electron chi connectivity index (χ4n) is 3.10. The zero-order valence-corrected chi connectivity index (χ0v) is 14.8. The molecule has 6 nitrogen and oxygen atoms in total. The Bertz CT molecular complexity index is 724. The third kappa shape index (κ3) is 4.07. The quantitative estimate of drug-likeness (QED) is 0.744. The van der Waals surface area contributed by atoms with Gasteiger partial charge in [-0.05, 0) is 37.3 Å². The Balaban J connectivity index is 2.44. The number of Topliss-reactive ketones (excluding diaryl/α,β-unsaturated/α-hetero) is 1. The summed E-state index contributed by atoms with van der Waals surface area (Å²) in [7, 11) is 2.63. The molecule has 1 aromatic heterocycles. The summed E-state index contributed by atoms with van der Waals surface area (Å²) >= 11 is 0. The van der Waals surface area contributed by atoms with Crippen molar-refractivity contribution in [3.63, 3.8) is 0 Å². The van der Waals surface area contributed by atoms with Crippen molar-refractivity contribution in [3.8, 4) is 0 Å². The van der Waals surface area contributed by atoms with Gasteiger partial charge in [0.2, 0.25) is 0 Å². The standard InChI is InChI=1S/C19H23NO5/c1-13(21)19(10-8-17(22)24-2,11-9-18(23)25-3)16-12-14-6-4-5-7-15(14)20-16/h4-7,12,20H,8-11H2,1-3H3. The second-order valence-corrected chi connectivity index (χ2v) is 6.06. The molecule has 2 rings (SSSR count). The van der Waals surface area contributed by atoms with Gasteiger partial charge in [-0.3, -0.25) is 14.4 Å². The van der Waals surface area contributed by atoms with Crippen molar-refractivity contribution < 1.29 is 23.9 Å².